The zero-order valence-corrected chi connectivity index (χ0v) is 14.9. The van der Waals surface area contributed by atoms with Crippen LogP contribution in [0.15, 0.2) is 78.3 Å². The SMILES string of the molecule is CCC(=O)Nc1ccccc1OC1=C(OCc2ccccc2)CCC=C1. The van der Waals surface area contributed by atoms with Crippen LogP contribution in [-0.2, 0) is 16.1 Å². The molecule has 2 aromatic carbocycles. The number of hydrogen-bond donors (Lipinski definition) is 1. The van der Waals surface area contributed by atoms with E-state index in [4.69, 9.17) is 9.47 Å². The van der Waals surface area contributed by atoms with Crippen LogP contribution in [-0.4, -0.2) is 5.91 Å². The number of nitrogens with one attached hydrogen (secondary N) is 1. The molecule has 134 valence electrons. The van der Waals surface area contributed by atoms with Gasteiger partial charge in [0.25, 0.3) is 0 Å². The van der Waals surface area contributed by atoms with E-state index in [1.165, 1.54) is 0 Å². The first-order valence-electron chi connectivity index (χ1n) is 8.89. The van der Waals surface area contributed by atoms with Crippen molar-refractivity contribution in [2.75, 3.05) is 5.32 Å². The summed E-state index contributed by atoms with van der Waals surface area (Å²) in [6.07, 6.45) is 6.13. The van der Waals surface area contributed by atoms with Crippen LogP contribution in [0.2, 0.25) is 0 Å². The highest BCUT2D eigenvalue weighted by Gasteiger charge is 2.15. The van der Waals surface area contributed by atoms with Gasteiger partial charge in [-0.2, -0.15) is 0 Å². The molecule has 0 aromatic heterocycles. The summed E-state index contributed by atoms with van der Waals surface area (Å²) in [6, 6.07) is 17.5. The Bertz CT molecular complexity index is 809. The fourth-order valence-electron chi connectivity index (χ4n) is 2.62. The summed E-state index contributed by atoms with van der Waals surface area (Å²) in [5.41, 5.74) is 1.78. The molecule has 0 saturated carbocycles. The molecule has 0 atom stereocenters. The maximum absolute atomic E-state index is 11.7. The molecule has 0 unspecified atom stereocenters. The highest BCUT2D eigenvalue weighted by molar-refractivity contribution is 5.92. The van der Waals surface area contributed by atoms with Crippen LogP contribution in [0.3, 0.4) is 0 Å². The van der Waals surface area contributed by atoms with E-state index in [0.717, 1.165) is 24.2 Å². The van der Waals surface area contributed by atoms with Gasteiger partial charge in [-0.3, -0.25) is 4.79 Å². The third kappa shape index (κ3) is 4.76. The molecule has 1 aliphatic carbocycles. The van der Waals surface area contributed by atoms with Gasteiger partial charge >= 0.3 is 0 Å². The molecular formula is C22H23NO3. The molecule has 0 heterocycles. The van der Waals surface area contributed by atoms with Gasteiger partial charge in [0.1, 0.15) is 12.4 Å². The maximum Gasteiger partial charge on any atom is 0.224 e. The van der Waals surface area contributed by atoms with Gasteiger partial charge in [0, 0.05) is 12.8 Å². The van der Waals surface area contributed by atoms with Gasteiger partial charge in [0.15, 0.2) is 11.5 Å². The lowest BCUT2D eigenvalue weighted by atomic mass is 10.1. The maximum atomic E-state index is 11.7. The molecule has 1 N–H and O–H groups in total. The van der Waals surface area contributed by atoms with Crippen LogP contribution >= 0.6 is 0 Å². The number of rotatable bonds is 7. The van der Waals surface area contributed by atoms with Gasteiger partial charge in [0.05, 0.1) is 5.69 Å². The number of anilines is 1. The normalized spacial score (nSPS) is 13.4. The second-order valence-corrected chi connectivity index (χ2v) is 6.00. The Morgan fingerprint density at radius 2 is 1.85 bits per heavy atom. The van der Waals surface area contributed by atoms with Crippen molar-refractivity contribution < 1.29 is 14.3 Å². The molecule has 0 aliphatic heterocycles. The van der Waals surface area contributed by atoms with Crippen LogP contribution in [0, 0.1) is 0 Å². The molecule has 4 nitrogen and oxygen atoms in total. The second-order valence-electron chi connectivity index (χ2n) is 6.00. The Labute approximate surface area is 154 Å². The smallest absolute Gasteiger partial charge is 0.224 e. The molecule has 0 bridgehead atoms. The van der Waals surface area contributed by atoms with Gasteiger partial charge < -0.3 is 14.8 Å². The van der Waals surface area contributed by atoms with Gasteiger partial charge in [-0.1, -0.05) is 55.5 Å². The first kappa shape index (κ1) is 17.8. The minimum atomic E-state index is -0.0465. The number of amides is 1. The Morgan fingerprint density at radius 3 is 2.65 bits per heavy atom. The zero-order valence-electron chi connectivity index (χ0n) is 14.9. The number of hydrogen-bond acceptors (Lipinski definition) is 3. The van der Waals surface area contributed by atoms with Gasteiger partial charge in [-0.25, -0.2) is 0 Å². The highest BCUT2D eigenvalue weighted by atomic mass is 16.5. The third-order valence-corrected chi connectivity index (χ3v) is 4.04. The summed E-state index contributed by atoms with van der Waals surface area (Å²) in [5, 5.41) is 2.87. The van der Waals surface area contributed by atoms with E-state index >= 15 is 0 Å². The fraction of sp³-hybridized carbons (Fsp3) is 0.227. The monoisotopic (exact) mass is 349 g/mol. The van der Waals surface area contributed by atoms with E-state index < -0.39 is 0 Å². The summed E-state index contributed by atoms with van der Waals surface area (Å²) in [5.74, 6) is 2.07. The summed E-state index contributed by atoms with van der Waals surface area (Å²) in [6.45, 7) is 2.33. The van der Waals surface area contributed by atoms with Crippen molar-refractivity contribution in [3.05, 3.63) is 83.8 Å². The molecule has 0 fully saturated rings. The topological polar surface area (TPSA) is 47.6 Å². The standard InChI is InChI=1S/C22H23NO3/c1-2-22(24)23-18-12-6-7-13-19(18)26-21-15-9-8-14-20(21)25-16-17-10-4-3-5-11-17/h3-7,9-13,15H,2,8,14,16H2,1H3,(H,23,24). The molecule has 0 saturated heterocycles. The Balaban J connectivity index is 1.76. The first-order valence-corrected chi connectivity index (χ1v) is 8.89. The molecule has 1 aliphatic rings. The molecule has 3 rings (SSSR count). The Hall–Kier alpha value is -3.01. The van der Waals surface area contributed by atoms with E-state index in [0.29, 0.717) is 30.2 Å². The number of para-hydroxylation sites is 2. The van der Waals surface area contributed by atoms with E-state index in [2.05, 4.69) is 11.4 Å². The minimum absolute atomic E-state index is 0.0465. The van der Waals surface area contributed by atoms with Crippen LogP contribution in [0.1, 0.15) is 31.7 Å². The predicted octanol–water partition coefficient (Wildman–Crippen LogP) is 5.19. The van der Waals surface area contributed by atoms with Crippen molar-refractivity contribution in [2.24, 2.45) is 0 Å². The first-order chi connectivity index (χ1) is 12.8. The largest absolute Gasteiger partial charge is 0.489 e. The number of benzene rings is 2. The van der Waals surface area contributed by atoms with E-state index in [1.54, 1.807) is 0 Å². The lowest BCUT2D eigenvalue weighted by Crippen LogP contribution is -2.11. The number of allylic oxidation sites excluding steroid dienone is 3. The average Bonchev–Trinajstić information content (AvgIpc) is 2.69. The summed E-state index contributed by atoms with van der Waals surface area (Å²) in [7, 11) is 0. The van der Waals surface area contributed by atoms with Crippen molar-refractivity contribution >= 4 is 11.6 Å². The van der Waals surface area contributed by atoms with Gasteiger partial charge in [-0.15, -0.1) is 0 Å². The van der Waals surface area contributed by atoms with Crippen molar-refractivity contribution in [3.8, 4) is 5.75 Å². The Kier molecular flexibility index (Phi) is 6.09. The van der Waals surface area contributed by atoms with Gasteiger partial charge in [-0.05, 0) is 30.2 Å². The predicted molar refractivity (Wildman–Crippen MR) is 103 cm³/mol. The number of carbonyl (C=O) groups excluding carboxylic acids is 1. The zero-order chi connectivity index (χ0) is 18.2. The van der Waals surface area contributed by atoms with E-state index in [1.807, 2.05) is 67.6 Å². The van der Waals surface area contributed by atoms with Crippen molar-refractivity contribution in [3.63, 3.8) is 0 Å². The van der Waals surface area contributed by atoms with Crippen molar-refractivity contribution in [1.29, 1.82) is 0 Å². The van der Waals surface area contributed by atoms with Crippen LogP contribution in [0.5, 0.6) is 5.75 Å². The lowest BCUT2D eigenvalue weighted by molar-refractivity contribution is -0.115. The molecule has 4 heteroatoms. The van der Waals surface area contributed by atoms with Crippen molar-refractivity contribution in [2.45, 2.75) is 32.8 Å². The second kappa shape index (κ2) is 8.90. The van der Waals surface area contributed by atoms with Crippen molar-refractivity contribution in [1.82, 2.24) is 0 Å². The van der Waals surface area contributed by atoms with E-state index in [-0.39, 0.29) is 5.91 Å². The minimum Gasteiger partial charge on any atom is -0.489 e. The quantitative estimate of drug-likeness (QED) is 0.748. The van der Waals surface area contributed by atoms with Crippen LogP contribution in [0.4, 0.5) is 5.69 Å². The van der Waals surface area contributed by atoms with Gasteiger partial charge in [0.2, 0.25) is 5.91 Å². The molecule has 1 amide bonds. The number of carbonyl (C=O) groups is 1. The highest BCUT2D eigenvalue weighted by Crippen LogP contribution is 2.30. The third-order valence-electron chi connectivity index (χ3n) is 4.04. The summed E-state index contributed by atoms with van der Waals surface area (Å²) < 4.78 is 12.1. The molecule has 0 spiro atoms. The summed E-state index contributed by atoms with van der Waals surface area (Å²) >= 11 is 0. The molecule has 2 aromatic rings. The lowest BCUT2D eigenvalue weighted by Gasteiger charge is -2.19. The Morgan fingerprint density at radius 1 is 1.08 bits per heavy atom. The fourth-order valence-corrected chi connectivity index (χ4v) is 2.62. The summed E-state index contributed by atoms with van der Waals surface area (Å²) in [4.78, 5) is 11.7. The van der Waals surface area contributed by atoms with E-state index in [9.17, 15) is 4.79 Å². The van der Waals surface area contributed by atoms with Crippen LogP contribution < -0.4 is 10.1 Å². The molecule has 26 heavy (non-hydrogen) atoms. The van der Waals surface area contributed by atoms with Crippen LogP contribution in [0.25, 0.3) is 0 Å². The number of ether oxygens (including phenoxy) is 2. The average molecular weight is 349 g/mol. The molecule has 0 radical (unpaired) electrons. The molecular weight excluding hydrogens is 326 g/mol.